The summed E-state index contributed by atoms with van der Waals surface area (Å²) in [5.41, 5.74) is 0.108. The number of nitrogens with one attached hydrogen (secondary N) is 1. The molecule has 16 heavy (non-hydrogen) atoms. The van der Waals surface area contributed by atoms with E-state index < -0.39 is 5.97 Å². The van der Waals surface area contributed by atoms with Crippen molar-refractivity contribution in [2.45, 2.75) is 32.6 Å². The van der Waals surface area contributed by atoms with Crippen molar-refractivity contribution in [3.05, 3.63) is 18.0 Å². The van der Waals surface area contributed by atoms with E-state index in [0.29, 0.717) is 5.95 Å². The van der Waals surface area contributed by atoms with Gasteiger partial charge in [-0.2, -0.15) is 0 Å². The minimum absolute atomic E-state index is 0.108. The monoisotopic (exact) mass is 223 g/mol. The van der Waals surface area contributed by atoms with Gasteiger partial charge < -0.3 is 10.4 Å². The Labute approximate surface area is 94.9 Å². The summed E-state index contributed by atoms with van der Waals surface area (Å²) >= 11 is 0. The number of aromatic carboxylic acids is 1. The van der Waals surface area contributed by atoms with Crippen molar-refractivity contribution in [3.63, 3.8) is 0 Å². The van der Waals surface area contributed by atoms with Crippen LogP contribution in [0.3, 0.4) is 0 Å². The number of hydrogen-bond acceptors (Lipinski definition) is 4. The predicted molar refractivity (Wildman–Crippen MR) is 61.6 cm³/mol. The SMILES string of the molecule is CCCCCCNc1ncc(C(=O)O)cn1. The van der Waals surface area contributed by atoms with Crippen LogP contribution in [0.25, 0.3) is 0 Å². The van der Waals surface area contributed by atoms with Crippen molar-refractivity contribution in [1.29, 1.82) is 0 Å². The van der Waals surface area contributed by atoms with Crippen LogP contribution in [-0.2, 0) is 0 Å². The first-order valence-corrected chi connectivity index (χ1v) is 5.53. The quantitative estimate of drug-likeness (QED) is 0.693. The van der Waals surface area contributed by atoms with Gasteiger partial charge in [0.2, 0.25) is 5.95 Å². The fourth-order valence-corrected chi connectivity index (χ4v) is 1.28. The summed E-state index contributed by atoms with van der Waals surface area (Å²) in [6.07, 6.45) is 7.34. The van der Waals surface area contributed by atoms with Crippen LogP contribution in [0.1, 0.15) is 43.0 Å². The molecule has 1 aromatic rings. The molecule has 0 aliphatic heterocycles. The van der Waals surface area contributed by atoms with E-state index in [2.05, 4.69) is 22.2 Å². The lowest BCUT2D eigenvalue weighted by Gasteiger charge is -2.03. The Hall–Kier alpha value is -1.65. The van der Waals surface area contributed by atoms with Gasteiger partial charge in [0.05, 0.1) is 5.56 Å². The van der Waals surface area contributed by atoms with E-state index in [4.69, 9.17) is 5.11 Å². The van der Waals surface area contributed by atoms with Gasteiger partial charge in [0.25, 0.3) is 0 Å². The van der Waals surface area contributed by atoms with Gasteiger partial charge in [0, 0.05) is 18.9 Å². The Bertz CT molecular complexity index is 325. The van der Waals surface area contributed by atoms with Gasteiger partial charge in [-0.25, -0.2) is 14.8 Å². The standard InChI is InChI=1S/C11H17N3O2/c1-2-3-4-5-6-12-11-13-7-9(8-14-11)10(15)16/h7-8H,2-6H2,1H3,(H,15,16)(H,12,13,14). The van der Waals surface area contributed by atoms with E-state index in [-0.39, 0.29) is 5.56 Å². The van der Waals surface area contributed by atoms with E-state index in [9.17, 15) is 4.79 Å². The normalized spacial score (nSPS) is 10.1. The molecule has 0 atom stereocenters. The second-order valence-corrected chi connectivity index (χ2v) is 3.59. The molecular weight excluding hydrogens is 206 g/mol. The molecule has 1 heterocycles. The second-order valence-electron chi connectivity index (χ2n) is 3.59. The third-order valence-corrected chi connectivity index (χ3v) is 2.21. The average molecular weight is 223 g/mol. The van der Waals surface area contributed by atoms with E-state index >= 15 is 0 Å². The minimum atomic E-state index is -1.01. The molecule has 1 aromatic heterocycles. The molecule has 0 unspecified atom stereocenters. The second kappa shape index (κ2) is 6.76. The van der Waals surface area contributed by atoms with Crippen molar-refractivity contribution < 1.29 is 9.90 Å². The summed E-state index contributed by atoms with van der Waals surface area (Å²) in [7, 11) is 0. The summed E-state index contributed by atoms with van der Waals surface area (Å²) in [6.45, 7) is 2.99. The summed E-state index contributed by atoms with van der Waals surface area (Å²) < 4.78 is 0. The molecule has 0 amide bonds. The number of anilines is 1. The maximum Gasteiger partial charge on any atom is 0.338 e. The zero-order chi connectivity index (χ0) is 11.8. The average Bonchev–Trinajstić information content (AvgIpc) is 2.29. The third kappa shape index (κ3) is 4.25. The third-order valence-electron chi connectivity index (χ3n) is 2.21. The first-order valence-electron chi connectivity index (χ1n) is 5.53. The van der Waals surface area contributed by atoms with Gasteiger partial charge in [-0.1, -0.05) is 26.2 Å². The van der Waals surface area contributed by atoms with Crippen LogP contribution in [0.2, 0.25) is 0 Å². The highest BCUT2D eigenvalue weighted by Gasteiger charge is 2.03. The van der Waals surface area contributed by atoms with Gasteiger partial charge in [0.1, 0.15) is 0 Å². The highest BCUT2D eigenvalue weighted by molar-refractivity contribution is 5.86. The molecule has 0 saturated carbocycles. The van der Waals surface area contributed by atoms with Crippen LogP contribution in [-0.4, -0.2) is 27.6 Å². The molecule has 0 spiro atoms. The Balaban J connectivity index is 2.29. The number of rotatable bonds is 7. The highest BCUT2D eigenvalue weighted by Crippen LogP contribution is 2.02. The number of unbranched alkanes of at least 4 members (excludes halogenated alkanes) is 3. The van der Waals surface area contributed by atoms with Gasteiger partial charge in [-0.3, -0.25) is 0 Å². The smallest absolute Gasteiger partial charge is 0.338 e. The van der Waals surface area contributed by atoms with Gasteiger partial charge in [-0.15, -0.1) is 0 Å². The number of carbonyl (C=O) groups is 1. The zero-order valence-electron chi connectivity index (χ0n) is 9.44. The molecule has 0 aliphatic carbocycles. The maximum absolute atomic E-state index is 10.5. The number of aromatic nitrogens is 2. The zero-order valence-corrected chi connectivity index (χ0v) is 9.44. The molecule has 2 N–H and O–H groups in total. The van der Waals surface area contributed by atoms with E-state index in [1.807, 2.05) is 0 Å². The first kappa shape index (κ1) is 12.4. The van der Waals surface area contributed by atoms with Crippen molar-refractivity contribution in [2.75, 3.05) is 11.9 Å². The van der Waals surface area contributed by atoms with Crippen LogP contribution in [0.4, 0.5) is 5.95 Å². The molecule has 5 heteroatoms. The minimum Gasteiger partial charge on any atom is -0.478 e. The Morgan fingerprint density at radius 2 is 2.00 bits per heavy atom. The fourth-order valence-electron chi connectivity index (χ4n) is 1.28. The van der Waals surface area contributed by atoms with Crippen LogP contribution in [0, 0.1) is 0 Å². The van der Waals surface area contributed by atoms with E-state index in [1.54, 1.807) is 0 Å². The molecule has 88 valence electrons. The Morgan fingerprint density at radius 3 is 2.56 bits per heavy atom. The molecular formula is C11H17N3O2. The molecule has 5 nitrogen and oxygen atoms in total. The van der Waals surface area contributed by atoms with Crippen molar-refractivity contribution in [3.8, 4) is 0 Å². The van der Waals surface area contributed by atoms with Crippen molar-refractivity contribution in [1.82, 2.24) is 9.97 Å². The summed E-state index contributed by atoms with van der Waals surface area (Å²) in [5, 5.41) is 11.7. The number of hydrogen-bond donors (Lipinski definition) is 2. The van der Waals surface area contributed by atoms with Gasteiger partial charge in [0.15, 0.2) is 0 Å². The van der Waals surface area contributed by atoms with Crippen LogP contribution in [0.5, 0.6) is 0 Å². The molecule has 0 saturated heterocycles. The lowest BCUT2D eigenvalue weighted by atomic mass is 10.2. The maximum atomic E-state index is 10.5. The van der Waals surface area contributed by atoms with Crippen LogP contribution in [0.15, 0.2) is 12.4 Å². The lowest BCUT2D eigenvalue weighted by Crippen LogP contribution is -2.06. The Kier molecular flexibility index (Phi) is 5.25. The Morgan fingerprint density at radius 1 is 1.31 bits per heavy atom. The predicted octanol–water partition coefficient (Wildman–Crippen LogP) is 2.17. The molecule has 1 rings (SSSR count). The van der Waals surface area contributed by atoms with Gasteiger partial charge in [-0.05, 0) is 6.42 Å². The summed E-state index contributed by atoms with van der Waals surface area (Å²) in [6, 6.07) is 0. The van der Waals surface area contributed by atoms with Crippen molar-refractivity contribution in [2.24, 2.45) is 0 Å². The van der Waals surface area contributed by atoms with E-state index in [1.165, 1.54) is 31.7 Å². The fraction of sp³-hybridized carbons (Fsp3) is 0.545. The van der Waals surface area contributed by atoms with Crippen molar-refractivity contribution >= 4 is 11.9 Å². The molecule has 0 bridgehead atoms. The summed E-state index contributed by atoms with van der Waals surface area (Å²) in [5.74, 6) is -0.518. The summed E-state index contributed by atoms with van der Waals surface area (Å²) in [4.78, 5) is 18.4. The number of nitrogens with zero attached hydrogens (tertiary/aromatic N) is 2. The van der Waals surface area contributed by atoms with Gasteiger partial charge >= 0.3 is 5.97 Å². The molecule has 0 fully saturated rings. The molecule has 0 aromatic carbocycles. The molecule has 0 radical (unpaired) electrons. The number of carboxylic acid groups (broad SMARTS) is 1. The highest BCUT2D eigenvalue weighted by atomic mass is 16.4. The van der Waals surface area contributed by atoms with Crippen LogP contribution >= 0.6 is 0 Å². The molecule has 0 aliphatic rings. The lowest BCUT2D eigenvalue weighted by molar-refractivity contribution is 0.0696. The van der Waals surface area contributed by atoms with E-state index in [0.717, 1.165) is 13.0 Å². The van der Waals surface area contributed by atoms with Crippen LogP contribution < -0.4 is 5.32 Å². The topological polar surface area (TPSA) is 75.1 Å². The largest absolute Gasteiger partial charge is 0.478 e. The first-order chi connectivity index (χ1) is 7.74. The number of carboxylic acids is 1.